The molecule has 3 heteroatoms. The number of benzene rings is 1. The molecule has 0 heterocycles. The number of nitrogens with zero attached hydrogens (tertiary/aromatic N) is 1. The molecule has 2 atom stereocenters. The van der Waals surface area contributed by atoms with Gasteiger partial charge in [-0.05, 0) is 51.5 Å². The van der Waals surface area contributed by atoms with Crippen LogP contribution in [-0.4, -0.2) is 24.6 Å². The Kier molecular flexibility index (Phi) is 4.69. The second-order valence-electron chi connectivity index (χ2n) is 6.61. The Labute approximate surface area is 122 Å². The highest BCUT2D eigenvalue weighted by atomic mass is 15.2. The van der Waals surface area contributed by atoms with Crippen LogP contribution in [0.4, 0.5) is 0 Å². The van der Waals surface area contributed by atoms with Crippen LogP contribution in [-0.2, 0) is 0 Å². The molecule has 1 aliphatic carbocycles. The first-order valence-electron chi connectivity index (χ1n) is 7.61. The van der Waals surface area contributed by atoms with Gasteiger partial charge in [0.25, 0.3) is 0 Å². The summed E-state index contributed by atoms with van der Waals surface area (Å²) in [6, 6.07) is 10.8. The van der Waals surface area contributed by atoms with Crippen molar-refractivity contribution in [3.05, 3.63) is 35.9 Å². The zero-order valence-electron chi connectivity index (χ0n) is 13.1. The van der Waals surface area contributed by atoms with Gasteiger partial charge >= 0.3 is 0 Å². The first-order valence-corrected chi connectivity index (χ1v) is 7.61. The van der Waals surface area contributed by atoms with Crippen molar-refractivity contribution in [2.24, 2.45) is 10.9 Å². The van der Waals surface area contributed by atoms with Gasteiger partial charge in [0.05, 0.1) is 0 Å². The number of rotatable bonds is 4. The molecule has 1 aromatic carbocycles. The SMILES string of the molecule is CCNC(=NCC1CC1c1ccccc1)NC(C)(C)C. The standard InChI is InChI=1S/C17H27N3/c1-5-18-16(20-17(2,3)4)19-12-14-11-15(14)13-9-7-6-8-10-13/h6-10,14-15H,5,11-12H2,1-4H3,(H2,18,19,20). The second kappa shape index (κ2) is 6.29. The summed E-state index contributed by atoms with van der Waals surface area (Å²) in [5.41, 5.74) is 1.50. The molecule has 0 aromatic heterocycles. The van der Waals surface area contributed by atoms with Crippen molar-refractivity contribution in [2.75, 3.05) is 13.1 Å². The van der Waals surface area contributed by atoms with E-state index in [9.17, 15) is 0 Å². The van der Waals surface area contributed by atoms with Crippen molar-refractivity contribution in [1.29, 1.82) is 0 Å². The molecule has 0 bridgehead atoms. The monoisotopic (exact) mass is 273 g/mol. The molecule has 110 valence electrons. The Bertz CT molecular complexity index is 445. The zero-order chi connectivity index (χ0) is 14.6. The lowest BCUT2D eigenvalue weighted by molar-refractivity contribution is 0.501. The van der Waals surface area contributed by atoms with Crippen molar-refractivity contribution in [3.8, 4) is 0 Å². The summed E-state index contributed by atoms with van der Waals surface area (Å²) in [6.07, 6.45) is 1.27. The summed E-state index contributed by atoms with van der Waals surface area (Å²) in [4.78, 5) is 4.73. The van der Waals surface area contributed by atoms with Crippen LogP contribution in [0.5, 0.6) is 0 Å². The average Bonchev–Trinajstić information content (AvgIpc) is 3.15. The second-order valence-corrected chi connectivity index (χ2v) is 6.61. The van der Waals surface area contributed by atoms with Crippen molar-refractivity contribution >= 4 is 5.96 Å². The van der Waals surface area contributed by atoms with Crippen molar-refractivity contribution in [3.63, 3.8) is 0 Å². The van der Waals surface area contributed by atoms with E-state index in [1.165, 1.54) is 12.0 Å². The van der Waals surface area contributed by atoms with Gasteiger partial charge < -0.3 is 10.6 Å². The Morgan fingerprint density at radius 1 is 1.25 bits per heavy atom. The van der Waals surface area contributed by atoms with Crippen LogP contribution in [0.1, 0.15) is 45.6 Å². The highest BCUT2D eigenvalue weighted by molar-refractivity contribution is 5.80. The zero-order valence-corrected chi connectivity index (χ0v) is 13.1. The molecule has 2 rings (SSSR count). The van der Waals surface area contributed by atoms with E-state index in [1.54, 1.807) is 0 Å². The molecule has 2 unspecified atom stereocenters. The Balaban J connectivity index is 1.88. The molecule has 1 fully saturated rings. The largest absolute Gasteiger partial charge is 0.357 e. The Morgan fingerprint density at radius 2 is 1.95 bits per heavy atom. The van der Waals surface area contributed by atoms with Gasteiger partial charge in [-0.1, -0.05) is 30.3 Å². The molecule has 2 N–H and O–H groups in total. The van der Waals surface area contributed by atoms with Crippen LogP contribution in [0.15, 0.2) is 35.3 Å². The van der Waals surface area contributed by atoms with E-state index < -0.39 is 0 Å². The molecule has 0 aliphatic heterocycles. The summed E-state index contributed by atoms with van der Waals surface area (Å²) in [6.45, 7) is 10.4. The summed E-state index contributed by atoms with van der Waals surface area (Å²) >= 11 is 0. The molecule has 20 heavy (non-hydrogen) atoms. The fraction of sp³-hybridized carbons (Fsp3) is 0.588. The Hall–Kier alpha value is -1.51. The van der Waals surface area contributed by atoms with Crippen molar-refractivity contribution < 1.29 is 0 Å². The van der Waals surface area contributed by atoms with Crippen molar-refractivity contribution in [2.45, 2.75) is 45.6 Å². The maximum atomic E-state index is 4.73. The van der Waals surface area contributed by atoms with Gasteiger partial charge in [-0.3, -0.25) is 4.99 Å². The van der Waals surface area contributed by atoms with Gasteiger partial charge in [-0.2, -0.15) is 0 Å². The Morgan fingerprint density at radius 3 is 2.55 bits per heavy atom. The molecule has 0 amide bonds. The maximum Gasteiger partial charge on any atom is 0.191 e. The number of guanidine groups is 1. The molecule has 1 aliphatic rings. The quantitative estimate of drug-likeness (QED) is 0.653. The lowest BCUT2D eigenvalue weighted by Gasteiger charge is -2.23. The molecule has 1 saturated carbocycles. The van der Waals surface area contributed by atoms with Crippen LogP contribution in [0.3, 0.4) is 0 Å². The molecule has 0 spiro atoms. The van der Waals surface area contributed by atoms with Gasteiger partial charge in [0, 0.05) is 18.6 Å². The minimum Gasteiger partial charge on any atom is -0.357 e. The lowest BCUT2D eigenvalue weighted by atomic mass is 10.1. The van der Waals surface area contributed by atoms with Crippen LogP contribution in [0.2, 0.25) is 0 Å². The van der Waals surface area contributed by atoms with E-state index in [0.717, 1.165) is 19.0 Å². The van der Waals surface area contributed by atoms with E-state index in [4.69, 9.17) is 4.99 Å². The van der Waals surface area contributed by atoms with Crippen LogP contribution >= 0.6 is 0 Å². The van der Waals surface area contributed by atoms with E-state index in [2.05, 4.69) is 68.7 Å². The van der Waals surface area contributed by atoms with E-state index in [-0.39, 0.29) is 5.54 Å². The number of aliphatic imine (C=N–C) groups is 1. The van der Waals surface area contributed by atoms with Gasteiger partial charge in [0.1, 0.15) is 0 Å². The molecular formula is C17H27N3. The van der Waals surface area contributed by atoms with Gasteiger partial charge in [-0.15, -0.1) is 0 Å². The fourth-order valence-corrected chi connectivity index (χ4v) is 2.43. The third-order valence-electron chi connectivity index (χ3n) is 3.47. The van der Waals surface area contributed by atoms with Crippen LogP contribution in [0, 0.1) is 5.92 Å². The third-order valence-corrected chi connectivity index (χ3v) is 3.47. The van der Waals surface area contributed by atoms with Gasteiger partial charge in [0.15, 0.2) is 5.96 Å². The average molecular weight is 273 g/mol. The van der Waals surface area contributed by atoms with Gasteiger partial charge in [0.2, 0.25) is 0 Å². The number of hydrogen-bond acceptors (Lipinski definition) is 1. The minimum atomic E-state index is 0.0450. The van der Waals surface area contributed by atoms with E-state index in [1.807, 2.05) is 0 Å². The minimum absolute atomic E-state index is 0.0450. The summed E-state index contributed by atoms with van der Waals surface area (Å²) in [5.74, 6) is 2.34. The maximum absolute atomic E-state index is 4.73. The predicted octanol–water partition coefficient (Wildman–Crippen LogP) is 3.14. The van der Waals surface area contributed by atoms with Crippen LogP contribution < -0.4 is 10.6 Å². The first kappa shape index (κ1) is 14.9. The molecule has 0 saturated heterocycles. The summed E-state index contributed by atoms with van der Waals surface area (Å²) < 4.78 is 0. The number of nitrogens with one attached hydrogen (secondary N) is 2. The summed E-state index contributed by atoms with van der Waals surface area (Å²) in [7, 11) is 0. The van der Waals surface area contributed by atoms with E-state index >= 15 is 0 Å². The number of hydrogen-bond donors (Lipinski definition) is 2. The van der Waals surface area contributed by atoms with Crippen molar-refractivity contribution in [1.82, 2.24) is 10.6 Å². The highest BCUT2D eigenvalue weighted by Gasteiger charge is 2.37. The topological polar surface area (TPSA) is 36.4 Å². The first-order chi connectivity index (χ1) is 9.49. The molecule has 3 nitrogen and oxygen atoms in total. The highest BCUT2D eigenvalue weighted by Crippen LogP contribution is 2.47. The summed E-state index contributed by atoms with van der Waals surface area (Å²) in [5, 5.41) is 6.75. The van der Waals surface area contributed by atoms with Gasteiger partial charge in [-0.25, -0.2) is 0 Å². The third kappa shape index (κ3) is 4.55. The molecule has 1 aromatic rings. The lowest BCUT2D eigenvalue weighted by Crippen LogP contribution is -2.47. The molecule has 0 radical (unpaired) electrons. The fourth-order valence-electron chi connectivity index (χ4n) is 2.43. The van der Waals surface area contributed by atoms with E-state index in [0.29, 0.717) is 11.8 Å². The predicted molar refractivity (Wildman–Crippen MR) is 86.2 cm³/mol. The normalized spacial score (nSPS) is 22.5. The molecular weight excluding hydrogens is 246 g/mol. The van der Waals surface area contributed by atoms with Crippen LogP contribution in [0.25, 0.3) is 0 Å². The smallest absolute Gasteiger partial charge is 0.191 e.